The number of nitrogens with zero attached hydrogens (tertiary/aromatic N) is 2. The molecule has 0 saturated heterocycles. The molecule has 2 heterocycles. The van der Waals surface area contributed by atoms with E-state index in [4.69, 9.17) is 0 Å². The van der Waals surface area contributed by atoms with Crippen LogP contribution in [0.15, 0.2) is 72.8 Å². The van der Waals surface area contributed by atoms with Gasteiger partial charge in [0.25, 0.3) is 11.8 Å². The molecule has 4 aromatic rings. The Labute approximate surface area is 199 Å². The Bertz CT molecular complexity index is 1250. The molecular formula is C28H30N4O2+2. The standard InChI is InChI=1S/C28H28N4O2/c1-19-9-5-10-20(2)31(19)17-27(33)29-25-15-7-14-24-23(25)13-8-16-26(24)30-28(34)18-32-21(3)11-6-12-22(32)4/h5-16H,17-18H2,1-4H3/p+2. The molecular weight excluding hydrogens is 424 g/mol. The molecule has 0 radical (unpaired) electrons. The van der Waals surface area contributed by atoms with Gasteiger partial charge in [0.2, 0.25) is 13.1 Å². The van der Waals surface area contributed by atoms with Crippen LogP contribution in [0.1, 0.15) is 22.8 Å². The van der Waals surface area contributed by atoms with Gasteiger partial charge in [0, 0.05) is 74.1 Å². The third kappa shape index (κ3) is 4.96. The molecule has 2 N–H and O–H groups in total. The minimum atomic E-state index is -0.101. The molecule has 172 valence electrons. The van der Waals surface area contributed by atoms with Crippen LogP contribution in [0, 0.1) is 27.7 Å². The third-order valence-corrected chi connectivity index (χ3v) is 6.13. The van der Waals surface area contributed by atoms with Crippen molar-refractivity contribution < 1.29 is 18.7 Å². The lowest BCUT2D eigenvalue weighted by atomic mass is 10.1. The second kappa shape index (κ2) is 9.83. The van der Waals surface area contributed by atoms with E-state index < -0.39 is 0 Å². The second-order valence-corrected chi connectivity index (χ2v) is 8.59. The van der Waals surface area contributed by atoms with Crippen molar-refractivity contribution in [1.29, 1.82) is 0 Å². The number of benzene rings is 2. The lowest BCUT2D eigenvalue weighted by Gasteiger charge is -2.12. The summed E-state index contributed by atoms with van der Waals surface area (Å²) in [5.41, 5.74) is 5.54. The van der Waals surface area contributed by atoms with Crippen LogP contribution in [-0.4, -0.2) is 11.8 Å². The molecule has 6 heteroatoms. The summed E-state index contributed by atoms with van der Waals surface area (Å²) in [6.45, 7) is 8.43. The maximum absolute atomic E-state index is 12.9. The summed E-state index contributed by atoms with van der Waals surface area (Å²) in [6, 6.07) is 23.4. The highest BCUT2D eigenvalue weighted by atomic mass is 16.2. The van der Waals surface area contributed by atoms with E-state index in [0.29, 0.717) is 0 Å². The number of aromatic nitrogens is 2. The average Bonchev–Trinajstić information content (AvgIpc) is 2.79. The average molecular weight is 455 g/mol. The molecule has 0 aliphatic heterocycles. The van der Waals surface area contributed by atoms with Crippen molar-refractivity contribution in [2.45, 2.75) is 40.8 Å². The highest BCUT2D eigenvalue weighted by Gasteiger charge is 2.18. The molecule has 2 amide bonds. The molecule has 0 aliphatic carbocycles. The first-order valence-corrected chi connectivity index (χ1v) is 11.4. The van der Waals surface area contributed by atoms with Gasteiger partial charge in [-0.05, 0) is 24.3 Å². The van der Waals surface area contributed by atoms with Gasteiger partial charge < -0.3 is 10.6 Å². The van der Waals surface area contributed by atoms with Gasteiger partial charge in [-0.15, -0.1) is 0 Å². The summed E-state index contributed by atoms with van der Waals surface area (Å²) in [6.07, 6.45) is 0. The van der Waals surface area contributed by atoms with Gasteiger partial charge in [-0.1, -0.05) is 24.3 Å². The van der Waals surface area contributed by atoms with Crippen LogP contribution in [-0.2, 0) is 22.7 Å². The van der Waals surface area contributed by atoms with E-state index in [1.807, 2.05) is 110 Å². The number of carbonyl (C=O) groups is 2. The van der Waals surface area contributed by atoms with Crippen molar-refractivity contribution in [1.82, 2.24) is 0 Å². The van der Waals surface area contributed by atoms with E-state index in [1.54, 1.807) is 0 Å². The fraction of sp³-hybridized carbons (Fsp3) is 0.214. The Kier molecular flexibility index (Phi) is 6.68. The van der Waals surface area contributed by atoms with Crippen molar-refractivity contribution in [3.63, 3.8) is 0 Å². The Morgan fingerprint density at radius 1 is 0.559 bits per heavy atom. The number of nitrogens with one attached hydrogen (secondary N) is 2. The number of hydrogen-bond acceptors (Lipinski definition) is 2. The first-order chi connectivity index (χ1) is 16.3. The van der Waals surface area contributed by atoms with E-state index in [0.717, 1.165) is 44.9 Å². The van der Waals surface area contributed by atoms with Crippen molar-refractivity contribution in [2.24, 2.45) is 0 Å². The topological polar surface area (TPSA) is 66.0 Å². The van der Waals surface area contributed by atoms with Gasteiger partial charge in [0.1, 0.15) is 0 Å². The van der Waals surface area contributed by atoms with Gasteiger partial charge in [-0.25, -0.2) is 0 Å². The predicted octanol–water partition coefficient (Wildman–Crippen LogP) is 3.93. The monoisotopic (exact) mass is 454 g/mol. The normalized spacial score (nSPS) is 10.8. The van der Waals surface area contributed by atoms with E-state index in [2.05, 4.69) is 10.6 Å². The maximum Gasteiger partial charge on any atom is 0.290 e. The summed E-state index contributed by atoms with van der Waals surface area (Å²) in [5.74, 6) is -0.202. The quantitative estimate of drug-likeness (QED) is 0.434. The number of hydrogen-bond donors (Lipinski definition) is 2. The minimum Gasteiger partial charge on any atom is -0.320 e. The van der Waals surface area contributed by atoms with Crippen molar-refractivity contribution >= 4 is 34.0 Å². The number of rotatable bonds is 6. The maximum atomic E-state index is 12.9. The zero-order valence-corrected chi connectivity index (χ0v) is 20.1. The van der Waals surface area contributed by atoms with Gasteiger partial charge in [-0.3, -0.25) is 9.59 Å². The minimum absolute atomic E-state index is 0.101. The van der Waals surface area contributed by atoms with Gasteiger partial charge >= 0.3 is 0 Å². The molecule has 0 spiro atoms. The lowest BCUT2D eigenvalue weighted by Crippen LogP contribution is -2.45. The molecule has 0 atom stereocenters. The Balaban J connectivity index is 1.55. The van der Waals surface area contributed by atoms with E-state index in [-0.39, 0.29) is 24.9 Å². The van der Waals surface area contributed by atoms with Gasteiger partial charge in [-0.2, -0.15) is 9.13 Å². The fourth-order valence-corrected chi connectivity index (χ4v) is 4.26. The largest absolute Gasteiger partial charge is 0.320 e. The van der Waals surface area contributed by atoms with Gasteiger partial charge in [0.15, 0.2) is 22.8 Å². The summed E-state index contributed by atoms with van der Waals surface area (Å²) in [7, 11) is 0. The van der Waals surface area contributed by atoms with Crippen molar-refractivity contribution in [3.05, 3.63) is 95.6 Å². The smallest absolute Gasteiger partial charge is 0.290 e. The van der Waals surface area contributed by atoms with Crippen LogP contribution >= 0.6 is 0 Å². The third-order valence-electron chi connectivity index (χ3n) is 6.13. The summed E-state index contributed by atoms with van der Waals surface area (Å²) >= 11 is 0. The number of carbonyl (C=O) groups excluding carboxylic acids is 2. The van der Waals surface area contributed by atoms with Crippen LogP contribution in [0.2, 0.25) is 0 Å². The molecule has 4 rings (SSSR count). The first kappa shape index (κ1) is 23.1. The van der Waals surface area contributed by atoms with Crippen LogP contribution in [0.25, 0.3) is 10.8 Å². The molecule has 34 heavy (non-hydrogen) atoms. The number of pyridine rings is 2. The van der Waals surface area contributed by atoms with E-state index >= 15 is 0 Å². The molecule has 2 aromatic heterocycles. The van der Waals surface area contributed by atoms with Crippen LogP contribution < -0.4 is 19.8 Å². The highest BCUT2D eigenvalue weighted by molar-refractivity contribution is 6.08. The Morgan fingerprint density at radius 2 is 0.882 bits per heavy atom. The van der Waals surface area contributed by atoms with Crippen molar-refractivity contribution in [3.8, 4) is 0 Å². The predicted molar refractivity (Wildman–Crippen MR) is 133 cm³/mol. The number of aryl methyl sites for hydroxylation is 4. The SMILES string of the molecule is Cc1cccc(C)[n+]1CC(=O)Nc1cccc2c(NC(=O)C[n+]3c(C)cccc3C)cccc12. The molecule has 0 fully saturated rings. The second-order valence-electron chi connectivity index (χ2n) is 8.59. The Morgan fingerprint density at radius 3 is 1.24 bits per heavy atom. The zero-order valence-electron chi connectivity index (χ0n) is 20.1. The molecule has 2 aromatic carbocycles. The summed E-state index contributed by atoms with van der Waals surface area (Å²) in [4.78, 5) is 25.7. The highest BCUT2D eigenvalue weighted by Crippen LogP contribution is 2.29. The number of fused-ring (bicyclic) bond motifs is 1. The van der Waals surface area contributed by atoms with Crippen molar-refractivity contribution in [2.75, 3.05) is 10.6 Å². The van der Waals surface area contributed by atoms with Crippen LogP contribution in [0.5, 0.6) is 0 Å². The van der Waals surface area contributed by atoms with E-state index in [1.165, 1.54) is 0 Å². The van der Waals surface area contributed by atoms with Gasteiger partial charge in [0.05, 0.1) is 0 Å². The number of amides is 2. The first-order valence-electron chi connectivity index (χ1n) is 11.4. The van der Waals surface area contributed by atoms with Crippen LogP contribution in [0.3, 0.4) is 0 Å². The van der Waals surface area contributed by atoms with Crippen LogP contribution in [0.4, 0.5) is 11.4 Å². The zero-order chi connectivity index (χ0) is 24.2. The molecule has 6 nitrogen and oxygen atoms in total. The summed E-state index contributed by atoms with van der Waals surface area (Å²) < 4.78 is 3.97. The van der Waals surface area contributed by atoms with E-state index in [9.17, 15) is 9.59 Å². The fourth-order valence-electron chi connectivity index (χ4n) is 4.26. The summed E-state index contributed by atoms with van der Waals surface area (Å²) in [5, 5.41) is 7.84. The lowest BCUT2D eigenvalue weighted by molar-refractivity contribution is -0.696. The molecule has 0 unspecified atom stereocenters. The molecule has 0 saturated carbocycles. The number of anilines is 2. The molecule has 0 bridgehead atoms. The Hall–Kier alpha value is -4.06. The molecule has 0 aliphatic rings.